The summed E-state index contributed by atoms with van der Waals surface area (Å²) >= 11 is 0. The average molecular weight is 272 g/mol. The van der Waals surface area contributed by atoms with Crippen LogP contribution in [0.3, 0.4) is 0 Å². The highest BCUT2D eigenvalue weighted by atomic mass is 32.2. The van der Waals surface area contributed by atoms with Crippen LogP contribution in [0.4, 0.5) is 0 Å². The molecule has 2 aromatic carbocycles. The third kappa shape index (κ3) is 2.30. The van der Waals surface area contributed by atoms with Crippen LogP contribution in [0.1, 0.15) is 22.3 Å². The van der Waals surface area contributed by atoms with Crippen molar-refractivity contribution < 1.29 is 8.42 Å². The molecule has 0 atom stereocenters. The summed E-state index contributed by atoms with van der Waals surface area (Å²) in [5.74, 6) is 0.273. The predicted octanol–water partition coefficient (Wildman–Crippen LogP) is 3.40. The van der Waals surface area contributed by atoms with Crippen molar-refractivity contribution in [1.29, 1.82) is 0 Å². The van der Waals surface area contributed by atoms with Crippen molar-refractivity contribution in [2.24, 2.45) is 0 Å². The van der Waals surface area contributed by atoms with Crippen LogP contribution in [0.2, 0.25) is 0 Å². The molecule has 0 N–H and O–H groups in total. The second-order valence-electron chi connectivity index (χ2n) is 5.35. The van der Waals surface area contributed by atoms with E-state index in [0.29, 0.717) is 0 Å². The van der Waals surface area contributed by atoms with Gasteiger partial charge < -0.3 is 0 Å². The van der Waals surface area contributed by atoms with Crippen LogP contribution in [-0.2, 0) is 21.3 Å². The minimum Gasteiger partial charge on any atom is -0.228 e. The average Bonchev–Trinajstić information content (AvgIpc) is 2.39. The highest BCUT2D eigenvalue weighted by Gasteiger charge is 2.23. The molecular weight excluding hydrogens is 256 g/mol. The first-order valence-electron chi connectivity index (χ1n) is 6.34. The molecule has 2 aromatic rings. The second kappa shape index (κ2) is 4.20. The summed E-state index contributed by atoms with van der Waals surface area (Å²) in [5, 5.41) is 0. The molecule has 1 aliphatic heterocycles. The minimum absolute atomic E-state index is 0.137. The highest BCUT2D eigenvalue weighted by molar-refractivity contribution is 7.89. The van der Waals surface area contributed by atoms with Gasteiger partial charge in [-0.2, -0.15) is 0 Å². The van der Waals surface area contributed by atoms with Gasteiger partial charge in [0.15, 0.2) is 9.84 Å². The number of benzene rings is 2. The van der Waals surface area contributed by atoms with Gasteiger partial charge in [0.1, 0.15) is 0 Å². The molecule has 2 nitrogen and oxygen atoms in total. The van der Waals surface area contributed by atoms with Gasteiger partial charge in [-0.25, -0.2) is 8.42 Å². The fraction of sp³-hybridized carbons (Fsp3) is 0.250. The molecule has 0 saturated heterocycles. The van der Waals surface area contributed by atoms with Gasteiger partial charge >= 0.3 is 0 Å². The predicted molar refractivity (Wildman–Crippen MR) is 77.7 cm³/mol. The Labute approximate surface area is 114 Å². The zero-order valence-corrected chi connectivity index (χ0v) is 11.9. The summed E-state index contributed by atoms with van der Waals surface area (Å²) in [5.41, 5.74) is 6.16. The zero-order valence-electron chi connectivity index (χ0n) is 11.1. The summed E-state index contributed by atoms with van der Waals surface area (Å²) in [7, 11) is -3.08. The molecule has 0 amide bonds. The first-order valence-corrected chi connectivity index (χ1v) is 8.17. The molecule has 0 radical (unpaired) electrons. The summed E-state index contributed by atoms with van der Waals surface area (Å²) in [4.78, 5) is 0. The van der Waals surface area contributed by atoms with Gasteiger partial charge in [0.05, 0.1) is 11.5 Å². The zero-order chi connectivity index (χ0) is 13.6. The van der Waals surface area contributed by atoms with Gasteiger partial charge in [0.2, 0.25) is 0 Å². The molecule has 98 valence electrons. The van der Waals surface area contributed by atoms with Gasteiger partial charge in [0.25, 0.3) is 0 Å². The molecule has 1 aliphatic rings. The maximum atomic E-state index is 12.2. The largest absolute Gasteiger partial charge is 0.228 e. The van der Waals surface area contributed by atoms with Crippen LogP contribution in [0, 0.1) is 13.8 Å². The summed E-state index contributed by atoms with van der Waals surface area (Å²) < 4.78 is 24.4. The molecule has 0 unspecified atom stereocenters. The topological polar surface area (TPSA) is 34.1 Å². The van der Waals surface area contributed by atoms with Crippen molar-refractivity contribution >= 4 is 9.84 Å². The molecular formula is C16H16O2S. The second-order valence-corrected chi connectivity index (χ2v) is 7.42. The lowest BCUT2D eigenvalue weighted by Gasteiger charge is -2.09. The van der Waals surface area contributed by atoms with E-state index in [9.17, 15) is 8.42 Å². The smallest absolute Gasteiger partial charge is 0.158 e. The van der Waals surface area contributed by atoms with E-state index < -0.39 is 9.84 Å². The van der Waals surface area contributed by atoms with Crippen LogP contribution >= 0.6 is 0 Å². The number of hydrogen-bond acceptors (Lipinski definition) is 2. The lowest BCUT2D eigenvalue weighted by atomic mass is 9.94. The maximum absolute atomic E-state index is 12.2. The number of sulfone groups is 1. The van der Waals surface area contributed by atoms with Gasteiger partial charge in [-0.05, 0) is 36.1 Å². The van der Waals surface area contributed by atoms with Crippen molar-refractivity contribution in [2.45, 2.75) is 25.4 Å². The maximum Gasteiger partial charge on any atom is 0.158 e. The van der Waals surface area contributed by atoms with Gasteiger partial charge in [0, 0.05) is 0 Å². The minimum atomic E-state index is -3.08. The van der Waals surface area contributed by atoms with Crippen LogP contribution in [0.15, 0.2) is 36.4 Å². The third-order valence-electron chi connectivity index (χ3n) is 3.56. The SMILES string of the molecule is Cc1ccc2c(c1)CS(=O)(=O)Cc1cc(C)ccc1-2. The number of fused-ring (bicyclic) bond motifs is 3. The molecule has 0 aromatic heterocycles. The molecule has 19 heavy (non-hydrogen) atoms. The summed E-state index contributed by atoms with van der Waals surface area (Å²) in [6, 6.07) is 12.1. The van der Waals surface area contributed by atoms with E-state index in [2.05, 4.69) is 0 Å². The van der Waals surface area contributed by atoms with Crippen LogP contribution in [0.5, 0.6) is 0 Å². The lowest BCUT2D eigenvalue weighted by molar-refractivity contribution is 0.595. The molecule has 0 fully saturated rings. The summed E-state index contributed by atoms with van der Waals surface area (Å²) in [6.45, 7) is 3.99. The van der Waals surface area contributed by atoms with Crippen LogP contribution < -0.4 is 0 Å². The van der Waals surface area contributed by atoms with Crippen molar-refractivity contribution in [2.75, 3.05) is 0 Å². The van der Waals surface area contributed by atoms with E-state index >= 15 is 0 Å². The van der Waals surface area contributed by atoms with E-state index in [4.69, 9.17) is 0 Å². The molecule has 0 spiro atoms. The van der Waals surface area contributed by atoms with E-state index in [0.717, 1.165) is 33.4 Å². The molecule has 0 aliphatic carbocycles. The fourth-order valence-electron chi connectivity index (χ4n) is 2.73. The van der Waals surface area contributed by atoms with Crippen molar-refractivity contribution in [3.63, 3.8) is 0 Å². The lowest BCUT2D eigenvalue weighted by Crippen LogP contribution is -2.05. The molecule has 3 rings (SSSR count). The third-order valence-corrected chi connectivity index (χ3v) is 5.06. The number of rotatable bonds is 0. The van der Waals surface area contributed by atoms with E-state index in [1.165, 1.54) is 0 Å². The standard InChI is InChI=1S/C16H16O2S/c1-11-3-5-15-13(7-11)9-19(17,18)10-14-8-12(2)4-6-16(14)15/h3-8H,9-10H2,1-2H3. The number of aryl methyl sites for hydroxylation is 2. The molecule has 1 heterocycles. The van der Waals surface area contributed by atoms with Crippen molar-refractivity contribution in [3.05, 3.63) is 58.7 Å². The Morgan fingerprint density at radius 3 is 1.63 bits per heavy atom. The fourth-order valence-corrected chi connectivity index (χ4v) is 4.26. The van der Waals surface area contributed by atoms with Crippen LogP contribution in [-0.4, -0.2) is 8.42 Å². The number of hydrogen-bond donors (Lipinski definition) is 0. The molecule has 0 saturated carbocycles. The Morgan fingerprint density at radius 1 is 0.789 bits per heavy atom. The van der Waals surface area contributed by atoms with Gasteiger partial charge in [-0.3, -0.25) is 0 Å². The monoisotopic (exact) mass is 272 g/mol. The molecule has 0 bridgehead atoms. The Bertz CT molecular complexity index is 699. The van der Waals surface area contributed by atoms with Crippen molar-refractivity contribution in [3.8, 4) is 11.1 Å². The van der Waals surface area contributed by atoms with Crippen molar-refractivity contribution in [1.82, 2.24) is 0 Å². The summed E-state index contributed by atoms with van der Waals surface area (Å²) in [6.07, 6.45) is 0. The Balaban J connectivity index is 2.34. The van der Waals surface area contributed by atoms with Crippen LogP contribution in [0.25, 0.3) is 11.1 Å². The van der Waals surface area contributed by atoms with E-state index in [1.54, 1.807) is 0 Å². The normalized spacial score (nSPS) is 16.3. The Hall–Kier alpha value is -1.61. The van der Waals surface area contributed by atoms with Gasteiger partial charge in [-0.1, -0.05) is 47.5 Å². The molecule has 3 heteroatoms. The Kier molecular flexibility index (Phi) is 2.75. The van der Waals surface area contributed by atoms with E-state index in [-0.39, 0.29) is 11.5 Å². The first-order chi connectivity index (χ1) is 8.94. The first kappa shape index (κ1) is 12.4. The van der Waals surface area contributed by atoms with Gasteiger partial charge in [-0.15, -0.1) is 0 Å². The quantitative estimate of drug-likeness (QED) is 0.736. The highest BCUT2D eigenvalue weighted by Crippen LogP contribution is 2.34. The van der Waals surface area contributed by atoms with E-state index in [1.807, 2.05) is 50.2 Å². The Morgan fingerprint density at radius 2 is 1.21 bits per heavy atom.